The molecule has 7 heteroatoms. The van der Waals surface area contributed by atoms with Crippen molar-refractivity contribution in [3.05, 3.63) is 35.8 Å². The summed E-state index contributed by atoms with van der Waals surface area (Å²) in [5, 5.41) is 13.5. The highest BCUT2D eigenvalue weighted by molar-refractivity contribution is 6.03. The largest absolute Gasteiger partial charge is 0.378 e. The number of nitriles is 1. The van der Waals surface area contributed by atoms with E-state index >= 15 is 0 Å². The van der Waals surface area contributed by atoms with Crippen LogP contribution in [0, 0.1) is 17.2 Å². The second kappa shape index (κ2) is 7.93. The lowest BCUT2D eigenvalue weighted by molar-refractivity contribution is -0.121. The maximum absolute atomic E-state index is 12.8. The molecule has 7 nitrogen and oxygen atoms in total. The van der Waals surface area contributed by atoms with Gasteiger partial charge in [0.05, 0.1) is 41.4 Å². The fraction of sp³-hybridized carbons (Fsp3) is 0.500. The first kappa shape index (κ1) is 20.0. The zero-order valence-electron chi connectivity index (χ0n) is 18.0. The van der Waals surface area contributed by atoms with Gasteiger partial charge in [-0.2, -0.15) is 5.26 Å². The predicted octanol–water partition coefficient (Wildman–Crippen LogP) is 3.65. The van der Waals surface area contributed by atoms with Crippen molar-refractivity contribution in [1.82, 2.24) is 19.9 Å². The van der Waals surface area contributed by atoms with E-state index < -0.39 is 0 Å². The quantitative estimate of drug-likeness (QED) is 0.684. The Morgan fingerprint density at radius 1 is 1.35 bits per heavy atom. The van der Waals surface area contributed by atoms with Gasteiger partial charge in [0.2, 0.25) is 5.91 Å². The molecule has 3 heterocycles. The number of fused-ring (bicyclic) bond motifs is 3. The van der Waals surface area contributed by atoms with Gasteiger partial charge in [-0.05, 0) is 63.6 Å². The summed E-state index contributed by atoms with van der Waals surface area (Å²) in [4.78, 5) is 22.2. The number of imidazole rings is 1. The van der Waals surface area contributed by atoms with Crippen LogP contribution in [-0.4, -0.2) is 39.2 Å². The molecule has 1 unspecified atom stereocenters. The molecule has 1 aromatic carbocycles. The molecule has 2 aromatic heterocycles. The SMILES string of the molecule is C[C@@H]1CC(n2c(CC(=O)N[C@@H](C)C3CC3)nc3cnc4ccc(C#N)cc4c32)CCO1. The van der Waals surface area contributed by atoms with E-state index in [-0.39, 0.29) is 30.5 Å². The number of aromatic nitrogens is 3. The highest BCUT2D eigenvalue weighted by Crippen LogP contribution is 2.34. The van der Waals surface area contributed by atoms with Gasteiger partial charge in [-0.25, -0.2) is 4.98 Å². The molecule has 31 heavy (non-hydrogen) atoms. The van der Waals surface area contributed by atoms with E-state index in [1.54, 1.807) is 12.3 Å². The highest BCUT2D eigenvalue weighted by atomic mass is 16.5. The summed E-state index contributed by atoms with van der Waals surface area (Å²) >= 11 is 0. The number of carbonyl (C=O) groups excluding carboxylic acids is 1. The summed E-state index contributed by atoms with van der Waals surface area (Å²) in [6.07, 6.45) is 6.27. The fourth-order valence-electron chi connectivity index (χ4n) is 4.78. The second-order valence-electron chi connectivity index (χ2n) is 8.96. The van der Waals surface area contributed by atoms with Crippen LogP contribution in [0.2, 0.25) is 0 Å². The monoisotopic (exact) mass is 417 g/mol. The van der Waals surface area contributed by atoms with Crippen molar-refractivity contribution in [2.24, 2.45) is 5.92 Å². The smallest absolute Gasteiger partial charge is 0.227 e. The van der Waals surface area contributed by atoms with Crippen LogP contribution in [-0.2, 0) is 16.0 Å². The van der Waals surface area contributed by atoms with Crippen molar-refractivity contribution in [3.63, 3.8) is 0 Å². The first-order chi connectivity index (χ1) is 15.0. The summed E-state index contributed by atoms with van der Waals surface area (Å²) in [6.45, 7) is 4.85. The Morgan fingerprint density at radius 2 is 2.19 bits per heavy atom. The molecule has 1 aliphatic carbocycles. The third-order valence-electron chi connectivity index (χ3n) is 6.58. The third kappa shape index (κ3) is 3.88. The third-order valence-corrected chi connectivity index (χ3v) is 6.58. The molecular weight excluding hydrogens is 390 g/mol. The number of carbonyl (C=O) groups is 1. The van der Waals surface area contributed by atoms with Gasteiger partial charge in [0.1, 0.15) is 11.3 Å². The summed E-state index contributed by atoms with van der Waals surface area (Å²) in [5.41, 5.74) is 3.14. The van der Waals surface area contributed by atoms with E-state index in [0.717, 1.165) is 40.6 Å². The number of amides is 1. The van der Waals surface area contributed by atoms with E-state index in [1.807, 2.05) is 12.1 Å². The van der Waals surface area contributed by atoms with Crippen LogP contribution >= 0.6 is 0 Å². The molecule has 1 saturated heterocycles. The number of ether oxygens (including phenoxy) is 1. The molecule has 0 radical (unpaired) electrons. The summed E-state index contributed by atoms with van der Waals surface area (Å²) < 4.78 is 8.00. The Bertz CT molecular complexity index is 1190. The van der Waals surface area contributed by atoms with Crippen LogP contribution in [0.3, 0.4) is 0 Å². The molecule has 1 saturated carbocycles. The van der Waals surface area contributed by atoms with Crippen LogP contribution in [0.25, 0.3) is 21.9 Å². The van der Waals surface area contributed by atoms with E-state index in [9.17, 15) is 10.1 Å². The molecule has 5 rings (SSSR count). The normalized spacial score (nSPS) is 22.4. The van der Waals surface area contributed by atoms with Crippen LogP contribution < -0.4 is 5.32 Å². The van der Waals surface area contributed by atoms with Crippen LogP contribution in [0.4, 0.5) is 0 Å². The number of hydrogen-bond acceptors (Lipinski definition) is 5. The topological polar surface area (TPSA) is 92.8 Å². The van der Waals surface area contributed by atoms with Crippen molar-refractivity contribution in [3.8, 4) is 6.07 Å². The zero-order valence-corrected chi connectivity index (χ0v) is 18.0. The number of nitrogens with zero attached hydrogens (tertiary/aromatic N) is 4. The van der Waals surface area contributed by atoms with Gasteiger partial charge in [-0.3, -0.25) is 9.78 Å². The molecule has 3 atom stereocenters. The number of hydrogen-bond donors (Lipinski definition) is 1. The zero-order chi connectivity index (χ0) is 21.5. The van der Waals surface area contributed by atoms with E-state index in [2.05, 4.69) is 34.8 Å². The molecule has 1 aliphatic heterocycles. The van der Waals surface area contributed by atoms with Gasteiger partial charge in [-0.15, -0.1) is 0 Å². The van der Waals surface area contributed by atoms with Gasteiger partial charge < -0.3 is 14.6 Å². The number of benzene rings is 1. The maximum atomic E-state index is 12.8. The minimum absolute atomic E-state index is 0.00560. The van der Waals surface area contributed by atoms with Crippen molar-refractivity contribution in [2.45, 2.75) is 64.1 Å². The molecule has 2 fully saturated rings. The Hall–Kier alpha value is -2.98. The molecule has 1 amide bonds. The molecular formula is C24H27N5O2. The molecule has 3 aromatic rings. The summed E-state index contributed by atoms with van der Waals surface area (Å²) in [6, 6.07) is 8.16. The standard InChI is InChI=1S/C24H27N5O2/c1-14-9-18(7-8-31-14)29-22(11-23(30)27-15(2)17-4-5-17)28-21-13-26-20-6-3-16(12-25)10-19(20)24(21)29/h3,6,10,13-15,17-18H,4-5,7-9,11H2,1-2H3,(H,27,30)/t14-,15+,18?/m1/s1. The number of rotatable bonds is 5. The molecule has 160 valence electrons. The van der Waals surface area contributed by atoms with Gasteiger partial charge in [0.15, 0.2) is 0 Å². The Labute approximate surface area is 181 Å². The minimum atomic E-state index is 0.00560. The maximum Gasteiger partial charge on any atom is 0.227 e. The lowest BCUT2D eigenvalue weighted by Crippen LogP contribution is -2.36. The fourth-order valence-corrected chi connectivity index (χ4v) is 4.78. The molecule has 0 bridgehead atoms. The highest BCUT2D eigenvalue weighted by Gasteiger charge is 2.30. The van der Waals surface area contributed by atoms with Gasteiger partial charge >= 0.3 is 0 Å². The Balaban J connectivity index is 1.61. The Kier molecular flexibility index (Phi) is 5.11. The Morgan fingerprint density at radius 3 is 2.94 bits per heavy atom. The minimum Gasteiger partial charge on any atom is -0.378 e. The van der Waals surface area contributed by atoms with Crippen LogP contribution in [0.15, 0.2) is 24.4 Å². The van der Waals surface area contributed by atoms with E-state index in [4.69, 9.17) is 9.72 Å². The van der Waals surface area contributed by atoms with Gasteiger partial charge in [-0.1, -0.05) is 0 Å². The number of pyridine rings is 1. The van der Waals surface area contributed by atoms with Crippen LogP contribution in [0.5, 0.6) is 0 Å². The molecule has 1 N–H and O–H groups in total. The van der Waals surface area contributed by atoms with Crippen molar-refractivity contribution < 1.29 is 9.53 Å². The van der Waals surface area contributed by atoms with Gasteiger partial charge in [0.25, 0.3) is 0 Å². The molecule has 2 aliphatic rings. The van der Waals surface area contributed by atoms with Crippen molar-refractivity contribution in [1.29, 1.82) is 5.26 Å². The summed E-state index contributed by atoms with van der Waals surface area (Å²) in [5.74, 6) is 1.37. The van der Waals surface area contributed by atoms with Gasteiger partial charge in [0, 0.05) is 24.1 Å². The predicted molar refractivity (Wildman–Crippen MR) is 117 cm³/mol. The summed E-state index contributed by atoms with van der Waals surface area (Å²) in [7, 11) is 0. The first-order valence-electron chi connectivity index (χ1n) is 11.1. The first-order valence-corrected chi connectivity index (χ1v) is 11.1. The molecule has 0 spiro atoms. The average Bonchev–Trinajstić information content (AvgIpc) is 3.54. The lowest BCUT2D eigenvalue weighted by Gasteiger charge is -2.30. The van der Waals surface area contributed by atoms with Crippen molar-refractivity contribution >= 4 is 27.8 Å². The average molecular weight is 418 g/mol. The van der Waals surface area contributed by atoms with Crippen molar-refractivity contribution in [2.75, 3.05) is 6.61 Å². The van der Waals surface area contributed by atoms with Crippen LogP contribution in [0.1, 0.15) is 57.0 Å². The van der Waals surface area contributed by atoms with E-state index in [1.165, 1.54) is 12.8 Å². The second-order valence-corrected chi connectivity index (χ2v) is 8.96. The van der Waals surface area contributed by atoms with E-state index in [0.29, 0.717) is 18.1 Å². The lowest BCUT2D eigenvalue weighted by atomic mass is 10.0. The number of nitrogens with one attached hydrogen (secondary N) is 1.